The highest BCUT2D eigenvalue weighted by atomic mass is 16.2. The van der Waals surface area contributed by atoms with Crippen molar-refractivity contribution >= 4 is 11.6 Å². The van der Waals surface area contributed by atoms with Crippen molar-refractivity contribution in [3.63, 3.8) is 0 Å². The standard InChI is InChI=1S/C15H22N2O/c1-3-15(18)16(2)14-10-7-11-17(12-14)13-8-5-4-6-9-13/h4-6,8-9,14H,3,7,10-12H2,1-2H3/t14-/m1/s1. The summed E-state index contributed by atoms with van der Waals surface area (Å²) in [6.07, 6.45) is 2.87. The maximum atomic E-state index is 11.8. The number of benzene rings is 1. The van der Waals surface area contributed by atoms with Crippen LogP contribution in [0.15, 0.2) is 30.3 Å². The quantitative estimate of drug-likeness (QED) is 0.818. The van der Waals surface area contributed by atoms with Crippen LogP contribution in [0.2, 0.25) is 0 Å². The van der Waals surface area contributed by atoms with Gasteiger partial charge in [0.1, 0.15) is 0 Å². The molecule has 0 saturated carbocycles. The molecule has 18 heavy (non-hydrogen) atoms. The van der Waals surface area contributed by atoms with E-state index in [1.807, 2.05) is 24.9 Å². The van der Waals surface area contributed by atoms with Gasteiger partial charge in [-0.3, -0.25) is 4.79 Å². The Bertz CT molecular complexity index is 391. The highest BCUT2D eigenvalue weighted by molar-refractivity contribution is 5.76. The van der Waals surface area contributed by atoms with Gasteiger partial charge in [0, 0.05) is 38.3 Å². The predicted octanol–water partition coefficient (Wildman–Crippen LogP) is 2.52. The van der Waals surface area contributed by atoms with Crippen molar-refractivity contribution in [3.05, 3.63) is 30.3 Å². The van der Waals surface area contributed by atoms with Crippen molar-refractivity contribution in [1.82, 2.24) is 4.90 Å². The van der Waals surface area contributed by atoms with Crippen molar-refractivity contribution in [2.75, 3.05) is 25.0 Å². The molecule has 1 amide bonds. The Hall–Kier alpha value is -1.51. The van der Waals surface area contributed by atoms with Crippen LogP contribution >= 0.6 is 0 Å². The van der Waals surface area contributed by atoms with Gasteiger partial charge in [0.25, 0.3) is 0 Å². The fourth-order valence-corrected chi connectivity index (χ4v) is 2.60. The van der Waals surface area contributed by atoms with Crippen LogP contribution in [0.4, 0.5) is 5.69 Å². The van der Waals surface area contributed by atoms with Crippen molar-refractivity contribution in [2.24, 2.45) is 0 Å². The lowest BCUT2D eigenvalue weighted by atomic mass is 10.0. The van der Waals surface area contributed by atoms with Crippen molar-refractivity contribution in [3.8, 4) is 0 Å². The lowest BCUT2D eigenvalue weighted by Crippen LogP contribution is -2.48. The monoisotopic (exact) mass is 246 g/mol. The molecule has 0 unspecified atom stereocenters. The number of anilines is 1. The van der Waals surface area contributed by atoms with Gasteiger partial charge < -0.3 is 9.80 Å². The third-order valence-electron chi connectivity index (χ3n) is 3.76. The Labute approximate surface area is 109 Å². The summed E-state index contributed by atoms with van der Waals surface area (Å²) in [5.41, 5.74) is 1.26. The summed E-state index contributed by atoms with van der Waals surface area (Å²) in [5.74, 6) is 0.245. The maximum Gasteiger partial charge on any atom is 0.222 e. The molecule has 2 rings (SSSR count). The molecule has 1 aliphatic rings. The second-order valence-corrected chi connectivity index (χ2v) is 4.94. The largest absolute Gasteiger partial charge is 0.369 e. The van der Waals surface area contributed by atoms with Gasteiger partial charge in [-0.1, -0.05) is 25.1 Å². The first kappa shape index (κ1) is 12.9. The molecular weight excluding hydrogens is 224 g/mol. The number of nitrogens with zero attached hydrogens (tertiary/aromatic N) is 2. The van der Waals surface area contributed by atoms with E-state index in [-0.39, 0.29) is 5.91 Å². The van der Waals surface area contributed by atoms with Crippen molar-refractivity contribution < 1.29 is 4.79 Å². The molecule has 0 radical (unpaired) electrons. The van der Waals surface area contributed by atoms with Crippen LogP contribution in [-0.4, -0.2) is 37.0 Å². The minimum absolute atomic E-state index is 0.245. The van der Waals surface area contributed by atoms with E-state index in [4.69, 9.17) is 0 Å². The Morgan fingerprint density at radius 1 is 1.39 bits per heavy atom. The first-order chi connectivity index (χ1) is 8.72. The van der Waals surface area contributed by atoms with Crippen LogP contribution in [0.5, 0.6) is 0 Å². The molecule has 1 aliphatic heterocycles. The number of hydrogen-bond donors (Lipinski definition) is 0. The average molecular weight is 246 g/mol. The fourth-order valence-electron chi connectivity index (χ4n) is 2.60. The van der Waals surface area contributed by atoms with Crippen molar-refractivity contribution in [2.45, 2.75) is 32.2 Å². The molecule has 1 aromatic rings. The van der Waals surface area contributed by atoms with E-state index >= 15 is 0 Å². The number of likely N-dealkylation sites (N-methyl/N-ethyl adjacent to an activating group) is 1. The Balaban J connectivity index is 2.03. The molecule has 0 bridgehead atoms. The van der Waals surface area contributed by atoms with Gasteiger partial charge in [-0.25, -0.2) is 0 Å². The second kappa shape index (κ2) is 5.89. The molecule has 1 saturated heterocycles. The van der Waals surface area contributed by atoms with E-state index in [2.05, 4.69) is 29.2 Å². The number of carbonyl (C=O) groups is 1. The zero-order chi connectivity index (χ0) is 13.0. The van der Waals surface area contributed by atoms with Crippen LogP contribution in [0.3, 0.4) is 0 Å². The van der Waals surface area contributed by atoms with Gasteiger partial charge >= 0.3 is 0 Å². The minimum Gasteiger partial charge on any atom is -0.369 e. The fraction of sp³-hybridized carbons (Fsp3) is 0.533. The molecule has 1 fully saturated rings. The van der Waals surface area contributed by atoms with Crippen LogP contribution in [0.25, 0.3) is 0 Å². The lowest BCUT2D eigenvalue weighted by molar-refractivity contribution is -0.131. The Kier molecular flexibility index (Phi) is 4.24. The highest BCUT2D eigenvalue weighted by Gasteiger charge is 2.25. The first-order valence-corrected chi connectivity index (χ1v) is 6.78. The molecule has 0 spiro atoms. The molecule has 98 valence electrons. The third-order valence-corrected chi connectivity index (χ3v) is 3.76. The third kappa shape index (κ3) is 2.84. The van der Waals surface area contributed by atoms with Gasteiger partial charge in [0.05, 0.1) is 0 Å². The van der Waals surface area contributed by atoms with E-state index < -0.39 is 0 Å². The van der Waals surface area contributed by atoms with Crippen LogP contribution < -0.4 is 4.90 Å². The highest BCUT2D eigenvalue weighted by Crippen LogP contribution is 2.21. The van der Waals surface area contributed by atoms with Crippen LogP contribution in [0.1, 0.15) is 26.2 Å². The second-order valence-electron chi connectivity index (χ2n) is 4.94. The summed E-state index contributed by atoms with van der Waals surface area (Å²) < 4.78 is 0. The average Bonchev–Trinajstić information content (AvgIpc) is 2.46. The van der Waals surface area contributed by atoms with E-state index in [0.29, 0.717) is 12.5 Å². The number of para-hydroxylation sites is 1. The summed E-state index contributed by atoms with van der Waals surface area (Å²) in [7, 11) is 1.94. The molecule has 1 atom stereocenters. The molecule has 0 aliphatic carbocycles. The number of amides is 1. The topological polar surface area (TPSA) is 23.6 Å². The van der Waals surface area contributed by atoms with Crippen LogP contribution in [-0.2, 0) is 4.79 Å². The van der Waals surface area contributed by atoms with Gasteiger partial charge in [0.2, 0.25) is 5.91 Å². The lowest BCUT2D eigenvalue weighted by Gasteiger charge is -2.38. The Morgan fingerprint density at radius 3 is 2.78 bits per heavy atom. The van der Waals surface area contributed by atoms with Crippen molar-refractivity contribution in [1.29, 1.82) is 0 Å². The summed E-state index contributed by atoms with van der Waals surface area (Å²) >= 11 is 0. The van der Waals surface area contributed by atoms with Gasteiger partial charge in [-0.15, -0.1) is 0 Å². The number of rotatable bonds is 3. The van der Waals surface area contributed by atoms with Gasteiger partial charge in [-0.2, -0.15) is 0 Å². The molecule has 3 nitrogen and oxygen atoms in total. The molecule has 3 heteroatoms. The summed E-state index contributed by atoms with van der Waals surface area (Å²) in [6.45, 7) is 3.97. The van der Waals surface area contributed by atoms with E-state index in [1.165, 1.54) is 5.69 Å². The molecule has 0 aromatic heterocycles. The number of hydrogen-bond acceptors (Lipinski definition) is 2. The number of carbonyl (C=O) groups excluding carboxylic acids is 1. The summed E-state index contributed by atoms with van der Waals surface area (Å²) in [4.78, 5) is 16.1. The normalized spacial score (nSPS) is 19.7. The predicted molar refractivity (Wildman–Crippen MR) is 74.7 cm³/mol. The van der Waals surface area contributed by atoms with Crippen LogP contribution in [0, 0.1) is 0 Å². The molecular formula is C15H22N2O. The molecule has 0 N–H and O–H groups in total. The van der Waals surface area contributed by atoms with E-state index in [0.717, 1.165) is 25.9 Å². The zero-order valence-electron chi connectivity index (χ0n) is 11.3. The Morgan fingerprint density at radius 2 is 2.11 bits per heavy atom. The summed E-state index contributed by atoms with van der Waals surface area (Å²) in [5, 5.41) is 0. The smallest absolute Gasteiger partial charge is 0.222 e. The van der Waals surface area contributed by atoms with E-state index in [1.54, 1.807) is 0 Å². The molecule has 1 heterocycles. The SMILES string of the molecule is CCC(=O)N(C)[C@@H]1CCCN(c2ccccc2)C1. The van der Waals surface area contributed by atoms with Gasteiger partial charge in [-0.05, 0) is 25.0 Å². The maximum absolute atomic E-state index is 11.8. The molecule has 1 aromatic carbocycles. The first-order valence-electron chi connectivity index (χ1n) is 6.78. The minimum atomic E-state index is 0.245. The number of piperidine rings is 1. The van der Waals surface area contributed by atoms with Gasteiger partial charge in [0.15, 0.2) is 0 Å². The zero-order valence-corrected chi connectivity index (χ0v) is 11.3. The summed E-state index contributed by atoms with van der Waals surface area (Å²) in [6, 6.07) is 10.8. The van der Waals surface area contributed by atoms with E-state index in [9.17, 15) is 4.79 Å².